The van der Waals surface area contributed by atoms with E-state index in [1.165, 1.54) is 12.1 Å². The first-order valence-corrected chi connectivity index (χ1v) is 6.98. The lowest BCUT2D eigenvalue weighted by atomic mass is 10.0. The molecule has 0 saturated heterocycles. The molecule has 0 aliphatic carbocycles. The lowest BCUT2D eigenvalue weighted by Gasteiger charge is -2.11. The molecule has 2 aromatic carbocycles. The van der Waals surface area contributed by atoms with Gasteiger partial charge in [-0.2, -0.15) is 0 Å². The van der Waals surface area contributed by atoms with E-state index in [1.807, 2.05) is 26.0 Å². The summed E-state index contributed by atoms with van der Waals surface area (Å²) in [5, 5.41) is 3.61. The largest absolute Gasteiger partial charge is 0.321 e. The van der Waals surface area contributed by atoms with Gasteiger partial charge in [-0.25, -0.2) is 4.39 Å². The van der Waals surface area contributed by atoms with Gasteiger partial charge >= 0.3 is 0 Å². The van der Waals surface area contributed by atoms with Gasteiger partial charge in [0.25, 0.3) is 5.91 Å². The molecule has 1 aromatic heterocycles. The fourth-order valence-electron chi connectivity index (χ4n) is 2.40. The Kier molecular flexibility index (Phi) is 3.59. The zero-order chi connectivity index (χ0) is 15.7. The summed E-state index contributed by atoms with van der Waals surface area (Å²) in [7, 11) is 0. The molecule has 3 nitrogen and oxygen atoms in total. The SMILES string of the molecule is Cc1ccc2c(NC(=O)c3ccccc3F)ccnc2c1C. The van der Waals surface area contributed by atoms with Crippen LogP contribution in [0.3, 0.4) is 0 Å². The van der Waals surface area contributed by atoms with Crippen molar-refractivity contribution in [1.82, 2.24) is 4.98 Å². The van der Waals surface area contributed by atoms with Crippen LogP contribution >= 0.6 is 0 Å². The highest BCUT2D eigenvalue weighted by molar-refractivity contribution is 6.09. The first kappa shape index (κ1) is 14.2. The lowest BCUT2D eigenvalue weighted by Crippen LogP contribution is -2.14. The molecule has 0 aliphatic heterocycles. The van der Waals surface area contributed by atoms with Crippen LogP contribution in [-0.2, 0) is 0 Å². The van der Waals surface area contributed by atoms with E-state index in [1.54, 1.807) is 24.4 Å². The predicted molar refractivity (Wildman–Crippen MR) is 85.6 cm³/mol. The summed E-state index contributed by atoms with van der Waals surface area (Å²) >= 11 is 0. The average molecular weight is 294 g/mol. The van der Waals surface area contributed by atoms with E-state index in [0.717, 1.165) is 22.0 Å². The highest BCUT2D eigenvalue weighted by atomic mass is 19.1. The van der Waals surface area contributed by atoms with Gasteiger partial charge in [-0.1, -0.05) is 24.3 Å². The summed E-state index contributed by atoms with van der Waals surface area (Å²) in [6.07, 6.45) is 1.64. The van der Waals surface area contributed by atoms with E-state index in [4.69, 9.17) is 0 Å². The molecule has 0 fully saturated rings. The maximum Gasteiger partial charge on any atom is 0.258 e. The number of nitrogens with one attached hydrogen (secondary N) is 1. The van der Waals surface area contributed by atoms with Crippen molar-refractivity contribution < 1.29 is 9.18 Å². The number of benzene rings is 2. The van der Waals surface area contributed by atoms with E-state index >= 15 is 0 Å². The van der Waals surface area contributed by atoms with Gasteiger partial charge in [-0.15, -0.1) is 0 Å². The van der Waals surface area contributed by atoms with Crippen molar-refractivity contribution in [3.8, 4) is 0 Å². The molecule has 0 unspecified atom stereocenters. The van der Waals surface area contributed by atoms with Crippen LogP contribution in [0.4, 0.5) is 10.1 Å². The van der Waals surface area contributed by atoms with Crippen LogP contribution in [0, 0.1) is 19.7 Å². The van der Waals surface area contributed by atoms with E-state index in [-0.39, 0.29) is 5.56 Å². The number of halogens is 1. The fraction of sp³-hybridized carbons (Fsp3) is 0.111. The van der Waals surface area contributed by atoms with Crippen molar-refractivity contribution in [1.29, 1.82) is 0 Å². The molecule has 4 heteroatoms. The molecular weight excluding hydrogens is 279 g/mol. The lowest BCUT2D eigenvalue weighted by molar-refractivity contribution is 0.102. The Balaban J connectivity index is 2.03. The number of carbonyl (C=O) groups excluding carboxylic acids is 1. The smallest absolute Gasteiger partial charge is 0.258 e. The molecule has 0 spiro atoms. The van der Waals surface area contributed by atoms with Gasteiger partial charge in [0.2, 0.25) is 0 Å². The molecule has 110 valence electrons. The van der Waals surface area contributed by atoms with E-state index in [2.05, 4.69) is 10.3 Å². The number of hydrogen-bond donors (Lipinski definition) is 1. The van der Waals surface area contributed by atoms with Gasteiger partial charge in [0.1, 0.15) is 5.82 Å². The molecule has 0 bridgehead atoms. The molecule has 0 saturated carbocycles. The Morgan fingerprint density at radius 3 is 2.64 bits per heavy atom. The molecule has 0 atom stereocenters. The van der Waals surface area contributed by atoms with Crippen molar-refractivity contribution >= 4 is 22.5 Å². The molecule has 1 heterocycles. The average Bonchev–Trinajstić information content (AvgIpc) is 2.52. The minimum Gasteiger partial charge on any atom is -0.321 e. The number of carbonyl (C=O) groups is 1. The van der Waals surface area contributed by atoms with Gasteiger partial charge in [-0.3, -0.25) is 9.78 Å². The topological polar surface area (TPSA) is 42.0 Å². The summed E-state index contributed by atoms with van der Waals surface area (Å²) in [6.45, 7) is 4.01. The maximum atomic E-state index is 13.7. The Bertz CT molecular complexity index is 874. The zero-order valence-electron chi connectivity index (χ0n) is 12.4. The number of aryl methyl sites for hydroxylation is 2. The zero-order valence-corrected chi connectivity index (χ0v) is 12.4. The summed E-state index contributed by atoms with van der Waals surface area (Å²) < 4.78 is 13.7. The highest BCUT2D eigenvalue weighted by Gasteiger charge is 2.13. The van der Waals surface area contributed by atoms with Gasteiger partial charge < -0.3 is 5.32 Å². The van der Waals surface area contributed by atoms with Gasteiger partial charge in [0.15, 0.2) is 0 Å². The van der Waals surface area contributed by atoms with Gasteiger partial charge in [-0.05, 0) is 43.2 Å². The van der Waals surface area contributed by atoms with Crippen LogP contribution in [0.1, 0.15) is 21.5 Å². The quantitative estimate of drug-likeness (QED) is 0.768. The van der Waals surface area contributed by atoms with Crippen molar-refractivity contribution in [3.63, 3.8) is 0 Å². The second-order valence-corrected chi connectivity index (χ2v) is 5.20. The van der Waals surface area contributed by atoms with Crippen molar-refractivity contribution in [3.05, 3.63) is 71.2 Å². The number of hydrogen-bond acceptors (Lipinski definition) is 2. The molecule has 1 amide bonds. The third-order valence-electron chi connectivity index (χ3n) is 3.80. The first-order chi connectivity index (χ1) is 10.6. The van der Waals surface area contributed by atoms with Crippen LogP contribution < -0.4 is 5.32 Å². The third-order valence-corrected chi connectivity index (χ3v) is 3.80. The van der Waals surface area contributed by atoms with E-state index < -0.39 is 11.7 Å². The molecule has 0 aliphatic rings. The Morgan fingerprint density at radius 1 is 1.09 bits per heavy atom. The minimum absolute atomic E-state index is 0.0243. The van der Waals surface area contributed by atoms with Crippen LogP contribution in [0.25, 0.3) is 10.9 Å². The fourth-order valence-corrected chi connectivity index (χ4v) is 2.40. The standard InChI is InChI=1S/C18H15FN2O/c1-11-7-8-14-16(9-10-20-17(14)12(11)2)21-18(22)13-5-3-4-6-15(13)19/h3-10H,1-2H3,(H,20,21,22). The molecule has 0 radical (unpaired) electrons. The predicted octanol–water partition coefficient (Wildman–Crippen LogP) is 4.24. The summed E-state index contributed by atoms with van der Waals surface area (Å²) in [5.74, 6) is -1.01. The third kappa shape index (κ3) is 2.44. The second-order valence-electron chi connectivity index (χ2n) is 5.20. The number of aromatic nitrogens is 1. The summed E-state index contributed by atoms with van der Waals surface area (Å²) in [6, 6.07) is 11.5. The van der Waals surface area contributed by atoms with E-state index in [9.17, 15) is 9.18 Å². The number of nitrogens with zero attached hydrogens (tertiary/aromatic N) is 1. The van der Waals surface area contributed by atoms with Crippen molar-refractivity contribution in [2.75, 3.05) is 5.32 Å². The normalized spacial score (nSPS) is 10.7. The number of amides is 1. The molecule has 1 N–H and O–H groups in total. The van der Waals surface area contributed by atoms with E-state index in [0.29, 0.717) is 5.69 Å². The summed E-state index contributed by atoms with van der Waals surface area (Å²) in [4.78, 5) is 16.6. The van der Waals surface area contributed by atoms with Crippen LogP contribution in [-0.4, -0.2) is 10.9 Å². The molecule has 3 rings (SSSR count). The summed E-state index contributed by atoms with van der Waals surface area (Å²) in [5.41, 5.74) is 3.70. The number of anilines is 1. The number of fused-ring (bicyclic) bond motifs is 1. The Hall–Kier alpha value is -2.75. The second kappa shape index (κ2) is 5.56. The first-order valence-electron chi connectivity index (χ1n) is 6.98. The Labute approximate surface area is 127 Å². The van der Waals surface area contributed by atoms with Gasteiger partial charge in [0, 0.05) is 11.6 Å². The van der Waals surface area contributed by atoms with Crippen molar-refractivity contribution in [2.24, 2.45) is 0 Å². The molecule has 3 aromatic rings. The Morgan fingerprint density at radius 2 is 1.86 bits per heavy atom. The van der Waals surface area contributed by atoms with Crippen LogP contribution in [0.5, 0.6) is 0 Å². The van der Waals surface area contributed by atoms with Crippen LogP contribution in [0.2, 0.25) is 0 Å². The van der Waals surface area contributed by atoms with Gasteiger partial charge in [0.05, 0.1) is 16.8 Å². The number of rotatable bonds is 2. The van der Waals surface area contributed by atoms with Crippen molar-refractivity contribution in [2.45, 2.75) is 13.8 Å². The number of pyridine rings is 1. The molecule has 22 heavy (non-hydrogen) atoms. The van der Waals surface area contributed by atoms with Crippen LogP contribution in [0.15, 0.2) is 48.7 Å². The molecular formula is C18H15FN2O. The maximum absolute atomic E-state index is 13.7. The highest BCUT2D eigenvalue weighted by Crippen LogP contribution is 2.26. The monoisotopic (exact) mass is 294 g/mol. The minimum atomic E-state index is -0.537.